The summed E-state index contributed by atoms with van der Waals surface area (Å²) in [6.07, 6.45) is 1.04. The van der Waals surface area contributed by atoms with Crippen molar-refractivity contribution in [3.63, 3.8) is 0 Å². The summed E-state index contributed by atoms with van der Waals surface area (Å²) in [5.41, 5.74) is 1.40. The monoisotopic (exact) mass is 431 g/mol. The number of hydrogen-bond acceptors (Lipinski definition) is 7. The van der Waals surface area contributed by atoms with Gasteiger partial charge in [0, 0.05) is 6.08 Å². The van der Waals surface area contributed by atoms with Crippen LogP contribution in [0.5, 0.6) is 0 Å². The maximum Gasteiger partial charge on any atom is 0.331 e. The topological polar surface area (TPSA) is 105 Å². The third-order valence-electron chi connectivity index (χ3n) is 3.86. The van der Waals surface area contributed by atoms with E-state index in [1.54, 1.807) is 42.5 Å². The Kier molecular flexibility index (Phi) is 6.04. The zero-order valence-electron chi connectivity index (χ0n) is 15.5. The molecule has 1 saturated heterocycles. The fraction of sp³-hybridized carbons (Fsp3) is 0.105. The second-order valence-corrected chi connectivity index (χ2v) is 8.58. The first-order valence-electron chi connectivity index (χ1n) is 8.35. The first kappa shape index (κ1) is 20.6. The Morgan fingerprint density at radius 3 is 2.41 bits per heavy atom. The Morgan fingerprint density at radius 2 is 1.79 bits per heavy atom. The molecule has 0 spiro atoms. The number of rotatable bonds is 5. The average Bonchev–Trinajstić information content (AvgIpc) is 3.02. The normalized spacial score (nSPS) is 17.0. The second kappa shape index (κ2) is 8.50. The van der Waals surface area contributed by atoms with Crippen molar-refractivity contribution in [3.05, 3.63) is 71.1 Å². The van der Waals surface area contributed by atoms with E-state index >= 15 is 0 Å². The minimum absolute atomic E-state index is 0.0401. The van der Waals surface area contributed by atoms with Crippen molar-refractivity contribution >= 4 is 44.5 Å². The highest BCUT2D eigenvalue weighted by atomic mass is 32.2. The van der Waals surface area contributed by atoms with Crippen LogP contribution in [-0.4, -0.2) is 32.6 Å². The number of hydrogen-bond donors (Lipinski definition) is 1. The molecule has 0 aliphatic carbocycles. The van der Waals surface area contributed by atoms with E-state index in [4.69, 9.17) is 0 Å². The fourth-order valence-corrected chi connectivity index (χ4v) is 4.15. The summed E-state index contributed by atoms with van der Waals surface area (Å²) in [7, 11) is -2.74. The van der Waals surface area contributed by atoms with Gasteiger partial charge in [0.1, 0.15) is 0 Å². The number of esters is 1. The van der Waals surface area contributed by atoms with Crippen molar-refractivity contribution < 1.29 is 22.7 Å². The van der Waals surface area contributed by atoms with Gasteiger partial charge in [-0.2, -0.15) is 13.2 Å². The largest absolute Gasteiger partial charge is 0.466 e. The predicted molar refractivity (Wildman–Crippen MR) is 111 cm³/mol. The van der Waals surface area contributed by atoms with E-state index in [9.17, 15) is 18.0 Å². The molecular formula is C19H17N3O5S2. The van der Waals surface area contributed by atoms with Crippen molar-refractivity contribution in [1.82, 2.24) is 4.83 Å². The fourth-order valence-electron chi connectivity index (χ4n) is 2.39. The lowest BCUT2D eigenvalue weighted by molar-refractivity contribution is -0.135. The number of amidine groups is 1. The number of methoxy groups -OCH3 is 1. The molecule has 0 atom stereocenters. The number of amides is 1. The number of nitrogens with one attached hydrogen (secondary N) is 1. The van der Waals surface area contributed by atoms with Gasteiger partial charge in [-0.3, -0.25) is 9.69 Å². The van der Waals surface area contributed by atoms with E-state index in [0.717, 1.165) is 23.4 Å². The maximum absolute atomic E-state index is 12.8. The van der Waals surface area contributed by atoms with Crippen molar-refractivity contribution in [3.8, 4) is 0 Å². The zero-order chi connectivity index (χ0) is 21.0. The third-order valence-corrected chi connectivity index (χ3v) is 6.06. The van der Waals surface area contributed by atoms with Gasteiger partial charge in [0.05, 0.1) is 22.6 Å². The molecule has 1 aliphatic heterocycles. The molecule has 3 rings (SSSR count). The Hall–Kier alpha value is -3.11. The summed E-state index contributed by atoms with van der Waals surface area (Å²) in [4.78, 5) is 27.8. The summed E-state index contributed by atoms with van der Waals surface area (Å²) in [6, 6.07) is 14.8. The van der Waals surface area contributed by atoms with E-state index in [0.29, 0.717) is 5.69 Å². The summed E-state index contributed by atoms with van der Waals surface area (Å²) in [6.45, 7) is 1.84. The maximum atomic E-state index is 12.8. The highest BCUT2D eigenvalue weighted by Gasteiger charge is 2.36. The highest BCUT2D eigenvalue weighted by Crippen LogP contribution is 2.34. The van der Waals surface area contributed by atoms with Crippen LogP contribution in [0, 0.1) is 6.92 Å². The standard InChI is InChI=1S/C19H17N3O5S2/c1-13-8-10-15(11-9-13)29(25,26)21-20-19-22(14-6-4-3-5-7-14)18(24)16(28-19)12-17(23)27-2/h3-12,21H,1-2H3/b16-12-,20-19-. The predicted octanol–water partition coefficient (Wildman–Crippen LogP) is 2.38. The molecule has 0 radical (unpaired) electrons. The molecule has 0 aromatic heterocycles. The van der Waals surface area contributed by atoms with Crippen LogP contribution in [0.25, 0.3) is 0 Å². The Balaban J connectivity index is 1.96. The van der Waals surface area contributed by atoms with Crippen molar-refractivity contribution in [1.29, 1.82) is 0 Å². The van der Waals surface area contributed by atoms with Gasteiger partial charge in [0.25, 0.3) is 15.9 Å². The van der Waals surface area contributed by atoms with Gasteiger partial charge < -0.3 is 4.74 Å². The van der Waals surface area contributed by atoms with Crippen LogP contribution in [-0.2, 0) is 24.3 Å². The van der Waals surface area contributed by atoms with Crippen LogP contribution in [0.2, 0.25) is 0 Å². The van der Waals surface area contributed by atoms with Gasteiger partial charge in [0.15, 0.2) is 0 Å². The van der Waals surface area contributed by atoms with Crippen LogP contribution in [0.15, 0.2) is 75.6 Å². The third kappa shape index (κ3) is 4.66. The molecule has 29 heavy (non-hydrogen) atoms. The summed E-state index contributed by atoms with van der Waals surface area (Å²) < 4.78 is 29.6. The van der Waals surface area contributed by atoms with Gasteiger partial charge in [-0.05, 0) is 43.0 Å². The number of thioether (sulfide) groups is 1. The molecule has 1 fully saturated rings. The minimum atomic E-state index is -3.93. The number of para-hydroxylation sites is 1. The molecule has 2 aromatic carbocycles. The summed E-state index contributed by atoms with van der Waals surface area (Å²) in [5, 5.41) is 4.00. The van der Waals surface area contributed by atoms with Crippen molar-refractivity contribution in [2.75, 3.05) is 12.0 Å². The molecule has 0 bridgehead atoms. The second-order valence-electron chi connectivity index (χ2n) is 5.91. The van der Waals surface area contributed by atoms with Crippen LogP contribution >= 0.6 is 11.8 Å². The lowest BCUT2D eigenvalue weighted by Gasteiger charge is -2.15. The van der Waals surface area contributed by atoms with Crippen LogP contribution < -0.4 is 9.73 Å². The van der Waals surface area contributed by atoms with E-state index in [1.165, 1.54) is 24.1 Å². The van der Waals surface area contributed by atoms with E-state index in [-0.39, 0.29) is 15.0 Å². The van der Waals surface area contributed by atoms with Gasteiger partial charge in [-0.1, -0.05) is 35.9 Å². The minimum Gasteiger partial charge on any atom is -0.466 e. The van der Waals surface area contributed by atoms with Crippen LogP contribution in [0.1, 0.15) is 5.56 Å². The molecule has 2 aromatic rings. The van der Waals surface area contributed by atoms with E-state index < -0.39 is 21.9 Å². The number of sulfonamides is 1. The molecule has 10 heteroatoms. The lowest BCUT2D eigenvalue weighted by Crippen LogP contribution is -2.31. The van der Waals surface area contributed by atoms with Crippen molar-refractivity contribution in [2.24, 2.45) is 5.10 Å². The SMILES string of the molecule is COC(=O)/C=C1\S/C(=N\NS(=O)(=O)c2ccc(C)cc2)N(c2ccccc2)C1=O. The molecule has 1 amide bonds. The van der Waals surface area contributed by atoms with Crippen LogP contribution in [0.4, 0.5) is 5.69 Å². The number of ether oxygens (including phenoxy) is 1. The Morgan fingerprint density at radius 1 is 1.14 bits per heavy atom. The number of carbonyl (C=O) groups excluding carboxylic acids is 2. The quantitative estimate of drug-likeness (QED) is 0.443. The average molecular weight is 431 g/mol. The van der Waals surface area contributed by atoms with Gasteiger partial charge in [-0.25, -0.2) is 4.79 Å². The zero-order valence-corrected chi connectivity index (χ0v) is 17.2. The molecule has 0 unspecified atom stereocenters. The molecular weight excluding hydrogens is 414 g/mol. The number of benzene rings is 2. The van der Waals surface area contributed by atoms with Crippen LogP contribution in [0.3, 0.4) is 0 Å². The van der Waals surface area contributed by atoms with Gasteiger partial charge in [0.2, 0.25) is 5.17 Å². The van der Waals surface area contributed by atoms with Crippen molar-refractivity contribution in [2.45, 2.75) is 11.8 Å². The number of aryl methyl sites for hydroxylation is 1. The number of hydrazone groups is 1. The molecule has 8 nitrogen and oxygen atoms in total. The smallest absolute Gasteiger partial charge is 0.331 e. The lowest BCUT2D eigenvalue weighted by atomic mass is 10.2. The molecule has 1 aliphatic rings. The molecule has 150 valence electrons. The molecule has 0 saturated carbocycles. The number of nitrogens with zero attached hydrogens (tertiary/aromatic N) is 2. The Bertz CT molecular complexity index is 1090. The van der Waals surface area contributed by atoms with Gasteiger partial charge >= 0.3 is 5.97 Å². The first-order chi connectivity index (χ1) is 13.8. The summed E-state index contributed by atoms with van der Waals surface area (Å²) >= 11 is 0.863. The van der Waals surface area contributed by atoms with Gasteiger partial charge in [-0.15, -0.1) is 5.10 Å². The molecule has 1 heterocycles. The van der Waals surface area contributed by atoms with E-state index in [1.807, 2.05) is 6.92 Å². The van der Waals surface area contributed by atoms with E-state index in [2.05, 4.69) is 14.7 Å². The highest BCUT2D eigenvalue weighted by molar-refractivity contribution is 8.19. The number of anilines is 1. The number of carbonyl (C=O) groups is 2. The Labute approximate surface area is 172 Å². The first-order valence-corrected chi connectivity index (χ1v) is 10.6. The summed E-state index contributed by atoms with van der Waals surface area (Å²) in [5.74, 6) is -1.21. The molecule has 1 N–H and O–H groups in total.